The molecule has 0 radical (unpaired) electrons. The minimum absolute atomic E-state index is 0.245. The number of benzene rings is 1. The Hall–Kier alpha value is -0.580. The van der Waals surface area contributed by atoms with Gasteiger partial charge in [-0.25, -0.2) is 0 Å². The zero-order valence-electron chi connectivity index (χ0n) is 13.2. The minimum Gasteiger partial charge on any atom is -0.375 e. The predicted molar refractivity (Wildman–Crippen MR) is 92.6 cm³/mol. The molecule has 20 heavy (non-hydrogen) atoms. The number of halogens is 1. The number of hydrogen-bond acceptors (Lipinski definition) is 3. The van der Waals surface area contributed by atoms with Crippen molar-refractivity contribution in [3.63, 3.8) is 0 Å². The molecular formula is C16H28BrN3. The van der Waals surface area contributed by atoms with E-state index in [2.05, 4.69) is 72.0 Å². The summed E-state index contributed by atoms with van der Waals surface area (Å²) >= 11 is 3.67. The van der Waals surface area contributed by atoms with E-state index >= 15 is 0 Å². The molecule has 3 nitrogen and oxygen atoms in total. The average Bonchev–Trinajstić information content (AvgIpc) is 2.40. The summed E-state index contributed by atoms with van der Waals surface area (Å²) in [5.41, 5.74) is 8.58. The lowest BCUT2D eigenvalue weighted by Crippen LogP contribution is -2.24. The van der Waals surface area contributed by atoms with E-state index < -0.39 is 0 Å². The Balaban J connectivity index is 2.61. The van der Waals surface area contributed by atoms with Crippen molar-refractivity contribution in [3.05, 3.63) is 28.2 Å². The summed E-state index contributed by atoms with van der Waals surface area (Å²) in [6.45, 7) is 4.32. The van der Waals surface area contributed by atoms with E-state index in [1.54, 1.807) is 0 Å². The molecule has 0 saturated carbocycles. The smallest absolute Gasteiger partial charge is 0.0375 e. The van der Waals surface area contributed by atoms with Crippen LogP contribution in [-0.2, 0) is 6.42 Å². The molecule has 0 aromatic heterocycles. The molecule has 1 atom stereocenters. The van der Waals surface area contributed by atoms with Crippen LogP contribution in [0.4, 0.5) is 5.69 Å². The van der Waals surface area contributed by atoms with Crippen molar-refractivity contribution in [2.75, 3.05) is 39.1 Å². The molecule has 0 fully saturated rings. The van der Waals surface area contributed by atoms with Crippen LogP contribution in [0.2, 0.25) is 0 Å². The first-order chi connectivity index (χ1) is 9.43. The van der Waals surface area contributed by atoms with Crippen molar-refractivity contribution in [1.29, 1.82) is 0 Å². The Morgan fingerprint density at radius 1 is 1.20 bits per heavy atom. The van der Waals surface area contributed by atoms with Gasteiger partial charge in [0.25, 0.3) is 0 Å². The molecule has 1 unspecified atom stereocenters. The van der Waals surface area contributed by atoms with Crippen molar-refractivity contribution in [2.45, 2.75) is 32.2 Å². The normalized spacial score (nSPS) is 12.8. The van der Waals surface area contributed by atoms with Gasteiger partial charge in [0.15, 0.2) is 0 Å². The van der Waals surface area contributed by atoms with E-state index in [0.717, 1.165) is 25.9 Å². The second-order valence-electron chi connectivity index (χ2n) is 5.73. The number of nitrogens with zero attached hydrogens (tertiary/aromatic N) is 2. The minimum atomic E-state index is 0.245. The van der Waals surface area contributed by atoms with Crippen molar-refractivity contribution in [1.82, 2.24) is 4.90 Å². The van der Waals surface area contributed by atoms with Gasteiger partial charge in [-0.1, -0.05) is 28.9 Å². The Kier molecular flexibility index (Phi) is 7.56. The van der Waals surface area contributed by atoms with Crippen LogP contribution in [0.25, 0.3) is 0 Å². The van der Waals surface area contributed by atoms with E-state index in [0.29, 0.717) is 0 Å². The largest absolute Gasteiger partial charge is 0.375 e. The van der Waals surface area contributed by atoms with Crippen LogP contribution < -0.4 is 10.6 Å². The Labute approximate surface area is 132 Å². The Morgan fingerprint density at radius 2 is 1.90 bits per heavy atom. The van der Waals surface area contributed by atoms with Gasteiger partial charge in [-0.2, -0.15) is 0 Å². The highest BCUT2D eigenvalue weighted by molar-refractivity contribution is 9.10. The van der Waals surface area contributed by atoms with Crippen molar-refractivity contribution in [2.24, 2.45) is 5.73 Å². The SMILES string of the molecule is CCC(N)Cc1ccc(N(C)CCCN(C)C)cc1Br. The summed E-state index contributed by atoms with van der Waals surface area (Å²) < 4.78 is 1.17. The third-order valence-corrected chi connectivity index (χ3v) is 4.32. The van der Waals surface area contributed by atoms with Gasteiger partial charge in [0.2, 0.25) is 0 Å². The summed E-state index contributed by atoms with van der Waals surface area (Å²) in [7, 11) is 6.37. The van der Waals surface area contributed by atoms with Crippen LogP contribution >= 0.6 is 15.9 Å². The fourth-order valence-electron chi connectivity index (χ4n) is 2.12. The van der Waals surface area contributed by atoms with Crippen LogP contribution in [0.3, 0.4) is 0 Å². The first-order valence-corrected chi connectivity index (χ1v) is 8.13. The number of hydrogen-bond donors (Lipinski definition) is 1. The van der Waals surface area contributed by atoms with Gasteiger partial charge >= 0.3 is 0 Å². The number of anilines is 1. The molecule has 0 aliphatic heterocycles. The highest BCUT2D eigenvalue weighted by atomic mass is 79.9. The van der Waals surface area contributed by atoms with Gasteiger partial charge in [0.1, 0.15) is 0 Å². The molecule has 0 bridgehead atoms. The van der Waals surface area contributed by atoms with Gasteiger partial charge in [0, 0.05) is 29.8 Å². The van der Waals surface area contributed by atoms with Gasteiger partial charge in [-0.3, -0.25) is 0 Å². The topological polar surface area (TPSA) is 32.5 Å². The van der Waals surface area contributed by atoms with Gasteiger partial charge in [-0.05, 0) is 57.6 Å². The third-order valence-electron chi connectivity index (χ3n) is 3.58. The predicted octanol–water partition coefficient (Wildman–Crippen LogP) is 3.12. The summed E-state index contributed by atoms with van der Waals surface area (Å²) in [5.74, 6) is 0. The quantitative estimate of drug-likeness (QED) is 0.788. The maximum Gasteiger partial charge on any atom is 0.0375 e. The molecule has 0 heterocycles. The maximum absolute atomic E-state index is 6.03. The standard InChI is InChI=1S/C16H28BrN3/c1-5-14(18)11-13-7-8-15(12-16(13)17)20(4)10-6-9-19(2)3/h7-8,12,14H,5-6,9-11,18H2,1-4H3. The van der Waals surface area contributed by atoms with E-state index in [4.69, 9.17) is 5.73 Å². The van der Waals surface area contributed by atoms with Crippen molar-refractivity contribution >= 4 is 21.6 Å². The first-order valence-electron chi connectivity index (χ1n) is 7.34. The molecule has 0 aliphatic rings. The molecule has 1 rings (SSSR count). The highest BCUT2D eigenvalue weighted by Gasteiger charge is 2.08. The van der Waals surface area contributed by atoms with Crippen molar-refractivity contribution in [3.8, 4) is 0 Å². The lowest BCUT2D eigenvalue weighted by molar-refractivity contribution is 0.401. The molecule has 114 valence electrons. The van der Waals surface area contributed by atoms with E-state index in [-0.39, 0.29) is 6.04 Å². The van der Waals surface area contributed by atoms with E-state index in [1.807, 2.05) is 0 Å². The number of rotatable bonds is 8. The molecule has 0 amide bonds. The van der Waals surface area contributed by atoms with E-state index in [1.165, 1.54) is 22.1 Å². The summed E-state index contributed by atoms with van der Waals surface area (Å²) in [5, 5.41) is 0. The molecule has 4 heteroatoms. The molecule has 0 spiro atoms. The second-order valence-corrected chi connectivity index (χ2v) is 6.58. The van der Waals surface area contributed by atoms with Crippen molar-refractivity contribution < 1.29 is 0 Å². The van der Waals surface area contributed by atoms with Gasteiger partial charge in [-0.15, -0.1) is 0 Å². The average molecular weight is 342 g/mol. The summed E-state index contributed by atoms with van der Waals surface area (Å²) in [4.78, 5) is 4.52. The van der Waals surface area contributed by atoms with Crippen LogP contribution in [-0.4, -0.2) is 45.2 Å². The zero-order chi connectivity index (χ0) is 15.1. The fraction of sp³-hybridized carbons (Fsp3) is 0.625. The lowest BCUT2D eigenvalue weighted by Gasteiger charge is -2.21. The fourth-order valence-corrected chi connectivity index (χ4v) is 2.65. The van der Waals surface area contributed by atoms with Crippen LogP contribution in [0, 0.1) is 0 Å². The molecule has 0 aliphatic carbocycles. The number of nitrogens with two attached hydrogens (primary N) is 1. The zero-order valence-corrected chi connectivity index (χ0v) is 14.8. The van der Waals surface area contributed by atoms with Crippen LogP contribution in [0.1, 0.15) is 25.3 Å². The van der Waals surface area contributed by atoms with Gasteiger partial charge in [0.05, 0.1) is 0 Å². The molecule has 1 aromatic carbocycles. The first kappa shape index (κ1) is 17.5. The second kappa shape index (κ2) is 8.65. The summed E-state index contributed by atoms with van der Waals surface area (Å²) in [6, 6.07) is 6.83. The summed E-state index contributed by atoms with van der Waals surface area (Å²) in [6.07, 6.45) is 3.11. The molecule has 1 aromatic rings. The van der Waals surface area contributed by atoms with Crippen LogP contribution in [0.15, 0.2) is 22.7 Å². The monoisotopic (exact) mass is 341 g/mol. The Morgan fingerprint density at radius 3 is 2.45 bits per heavy atom. The highest BCUT2D eigenvalue weighted by Crippen LogP contribution is 2.25. The van der Waals surface area contributed by atoms with Gasteiger partial charge < -0.3 is 15.5 Å². The lowest BCUT2D eigenvalue weighted by atomic mass is 10.0. The maximum atomic E-state index is 6.03. The van der Waals surface area contributed by atoms with E-state index in [9.17, 15) is 0 Å². The Bertz CT molecular complexity index is 407. The molecule has 2 N–H and O–H groups in total. The third kappa shape index (κ3) is 5.81. The van der Waals surface area contributed by atoms with Crippen LogP contribution in [0.5, 0.6) is 0 Å². The molecule has 0 saturated heterocycles. The molecular weight excluding hydrogens is 314 g/mol.